The molecular weight excluding hydrogens is 366 g/mol. The van der Waals surface area contributed by atoms with Crippen molar-refractivity contribution in [1.29, 1.82) is 0 Å². The van der Waals surface area contributed by atoms with Gasteiger partial charge in [-0.2, -0.15) is 0 Å². The molecule has 0 fully saturated rings. The topological polar surface area (TPSA) is 67.4 Å². The minimum absolute atomic E-state index is 0.0597. The van der Waals surface area contributed by atoms with Gasteiger partial charge in [-0.25, -0.2) is 8.78 Å². The van der Waals surface area contributed by atoms with Crippen molar-refractivity contribution in [3.05, 3.63) is 84.4 Å². The summed E-state index contributed by atoms with van der Waals surface area (Å²) in [5, 5.41) is 4.95. The lowest BCUT2D eigenvalue weighted by Crippen LogP contribution is -2.21. The van der Waals surface area contributed by atoms with Gasteiger partial charge >= 0.3 is 0 Å². The van der Waals surface area contributed by atoms with E-state index in [1.165, 1.54) is 6.07 Å². The maximum Gasteiger partial charge on any atom is 0.233 e. The fraction of sp³-hybridized carbons (Fsp3) is 0.0476. The third-order valence-electron chi connectivity index (χ3n) is 3.66. The van der Waals surface area contributed by atoms with E-state index in [0.29, 0.717) is 17.2 Å². The molecule has 0 bridgehead atoms. The van der Waals surface area contributed by atoms with E-state index in [1.807, 2.05) is 18.2 Å². The van der Waals surface area contributed by atoms with Crippen LogP contribution in [0.5, 0.6) is 11.5 Å². The molecule has 0 saturated heterocycles. The Morgan fingerprint density at radius 2 is 1.46 bits per heavy atom. The molecule has 0 aliphatic heterocycles. The summed E-state index contributed by atoms with van der Waals surface area (Å²) in [7, 11) is 0. The molecule has 0 saturated carbocycles. The molecule has 3 aromatic rings. The Labute approximate surface area is 160 Å². The number of hydrogen-bond acceptors (Lipinski definition) is 3. The Kier molecular flexibility index (Phi) is 5.96. The maximum atomic E-state index is 13.2. The van der Waals surface area contributed by atoms with Gasteiger partial charge in [0.05, 0.1) is 5.69 Å². The minimum atomic E-state index is -1.09. The molecule has 3 rings (SSSR count). The van der Waals surface area contributed by atoms with Gasteiger partial charge in [0.1, 0.15) is 12.2 Å². The number of hydrogen-bond donors (Lipinski definition) is 2. The summed E-state index contributed by atoms with van der Waals surface area (Å²) in [5.74, 6) is -2.34. The lowest BCUT2D eigenvalue weighted by Gasteiger charge is -2.12. The van der Waals surface area contributed by atoms with E-state index >= 15 is 0 Å². The number of anilines is 2. The first-order chi connectivity index (χ1) is 13.5. The van der Waals surface area contributed by atoms with Gasteiger partial charge in [0.2, 0.25) is 11.8 Å². The zero-order valence-corrected chi connectivity index (χ0v) is 14.6. The molecular formula is C21H16F2N2O3. The number of para-hydroxylation sites is 3. The van der Waals surface area contributed by atoms with Crippen LogP contribution in [-0.4, -0.2) is 11.8 Å². The molecule has 5 nitrogen and oxygen atoms in total. The highest BCUT2D eigenvalue weighted by molar-refractivity contribution is 6.08. The zero-order chi connectivity index (χ0) is 19.9. The van der Waals surface area contributed by atoms with E-state index in [4.69, 9.17) is 4.74 Å². The number of rotatable bonds is 6. The normalized spacial score (nSPS) is 10.2. The van der Waals surface area contributed by atoms with Crippen molar-refractivity contribution in [1.82, 2.24) is 0 Å². The van der Waals surface area contributed by atoms with Crippen LogP contribution in [0, 0.1) is 11.6 Å². The van der Waals surface area contributed by atoms with Crippen molar-refractivity contribution < 1.29 is 23.1 Å². The lowest BCUT2D eigenvalue weighted by atomic mass is 10.2. The molecule has 28 heavy (non-hydrogen) atoms. The summed E-state index contributed by atoms with van der Waals surface area (Å²) >= 11 is 0. The van der Waals surface area contributed by atoms with Gasteiger partial charge in [-0.1, -0.05) is 30.3 Å². The molecule has 0 atom stereocenters. The Balaban J connectivity index is 1.61. The fourth-order valence-corrected chi connectivity index (χ4v) is 2.39. The summed E-state index contributed by atoms with van der Waals surface area (Å²) < 4.78 is 31.8. The predicted molar refractivity (Wildman–Crippen MR) is 101 cm³/mol. The van der Waals surface area contributed by atoms with Crippen molar-refractivity contribution in [2.75, 3.05) is 10.6 Å². The van der Waals surface area contributed by atoms with Crippen LogP contribution < -0.4 is 15.4 Å². The molecule has 0 aliphatic rings. The van der Waals surface area contributed by atoms with Crippen molar-refractivity contribution >= 4 is 23.2 Å². The summed E-state index contributed by atoms with van der Waals surface area (Å²) in [5.41, 5.74) is 0.460. The smallest absolute Gasteiger partial charge is 0.233 e. The molecule has 0 spiro atoms. The van der Waals surface area contributed by atoms with E-state index in [1.54, 1.807) is 36.4 Å². The second-order valence-electron chi connectivity index (χ2n) is 5.81. The molecule has 0 unspecified atom stereocenters. The average Bonchev–Trinajstić information content (AvgIpc) is 2.67. The van der Waals surface area contributed by atoms with Crippen LogP contribution in [0.2, 0.25) is 0 Å². The van der Waals surface area contributed by atoms with Crippen LogP contribution in [0.25, 0.3) is 0 Å². The number of ether oxygens (including phenoxy) is 1. The first-order valence-electron chi connectivity index (χ1n) is 8.38. The van der Waals surface area contributed by atoms with Crippen LogP contribution in [-0.2, 0) is 9.59 Å². The van der Waals surface area contributed by atoms with E-state index in [-0.39, 0.29) is 5.69 Å². The Hall–Kier alpha value is -3.74. The second-order valence-corrected chi connectivity index (χ2v) is 5.81. The molecule has 0 aliphatic carbocycles. The number of carbonyl (C=O) groups is 2. The molecule has 0 radical (unpaired) electrons. The van der Waals surface area contributed by atoms with Crippen molar-refractivity contribution in [3.8, 4) is 11.5 Å². The number of amides is 2. The minimum Gasteiger partial charge on any atom is -0.455 e. The Bertz CT molecular complexity index is 994. The van der Waals surface area contributed by atoms with Gasteiger partial charge in [0.15, 0.2) is 17.4 Å². The molecule has 2 amide bonds. The quantitative estimate of drug-likeness (QED) is 0.606. The van der Waals surface area contributed by atoms with Crippen molar-refractivity contribution in [3.63, 3.8) is 0 Å². The van der Waals surface area contributed by atoms with E-state index in [9.17, 15) is 18.4 Å². The number of carbonyl (C=O) groups excluding carboxylic acids is 2. The van der Waals surface area contributed by atoms with Crippen LogP contribution in [0.15, 0.2) is 72.8 Å². The highest BCUT2D eigenvalue weighted by Crippen LogP contribution is 2.29. The molecule has 2 N–H and O–H groups in total. The standard InChI is InChI=1S/C21H16F2N2O3/c22-16-11-10-14(12-17(16)23)24-20(26)13-21(27)25-18-8-4-5-9-19(18)28-15-6-2-1-3-7-15/h1-12H,13H2,(H,24,26)(H,25,27). The summed E-state index contributed by atoms with van der Waals surface area (Å²) in [6.45, 7) is 0. The third-order valence-corrected chi connectivity index (χ3v) is 3.66. The van der Waals surface area contributed by atoms with Gasteiger partial charge in [-0.3, -0.25) is 9.59 Å². The van der Waals surface area contributed by atoms with Crippen LogP contribution in [0.3, 0.4) is 0 Å². The first kappa shape index (κ1) is 19.0. The highest BCUT2D eigenvalue weighted by Gasteiger charge is 2.13. The molecule has 142 valence electrons. The van der Waals surface area contributed by atoms with Gasteiger partial charge in [0.25, 0.3) is 0 Å². The fourth-order valence-electron chi connectivity index (χ4n) is 2.39. The van der Waals surface area contributed by atoms with Crippen molar-refractivity contribution in [2.45, 2.75) is 6.42 Å². The molecule has 3 aromatic carbocycles. The van der Waals surface area contributed by atoms with Crippen LogP contribution in [0.1, 0.15) is 6.42 Å². The van der Waals surface area contributed by atoms with E-state index < -0.39 is 29.9 Å². The zero-order valence-electron chi connectivity index (χ0n) is 14.6. The number of benzene rings is 3. The molecule has 0 heterocycles. The monoisotopic (exact) mass is 382 g/mol. The summed E-state index contributed by atoms with van der Waals surface area (Å²) in [6.07, 6.45) is -0.501. The van der Waals surface area contributed by atoms with Gasteiger partial charge < -0.3 is 15.4 Å². The highest BCUT2D eigenvalue weighted by atomic mass is 19.2. The second kappa shape index (κ2) is 8.77. The predicted octanol–water partition coefficient (Wildman–Crippen LogP) is 4.72. The maximum absolute atomic E-state index is 13.2. The Morgan fingerprint density at radius 3 is 2.21 bits per heavy atom. The van der Waals surface area contributed by atoms with Crippen LogP contribution >= 0.6 is 0 Å². The Morgan fingerprint density at radius 1 is 0.786 bits per heavy atom. The van der Waals surface area contributed by atoms with Crippen molar-refractivity contribution in [2.24, 2.45) is 0 Å². The first-order valence-corrected chi connectivity index (χ1v) is 8.38. The van der Waals surface area contributed by atoms with E-state index in [0.717, 1.165) is 12.1 Å². The SMILES string of the molecule is O=C(CC(=O)Nc1ccccc1Oc1ccccc1)Nc1ccc(F)c(F)c1. The van der Waals surface area contributed by atoms with Gasteiger partial charge in [-0.15, -0.1) is 0 Å². The largest absolute Gasteiger partial charge is 0.455 e. The van der Waals surface area contributed by atoms with Crippen LogP contribution in [0.4, 0.5) is 20.2 Å². The number of halogens is 2. The number of nitrogens with one attached hydrogen (secondary N) is 2. The van der Waals surface area contributed by atoms with Gasteiger partial charge in [0, 0.05) is 11.8 Å². The summed E-state index contributed by atoms with van der Waals surface area (Å²) in [6, 6.07) is 18.8. The third kappa shape index (κ3) is 5.14. The molecule has 7 heteroatoms. The van der Waals surface area contributed by atoms with Gasteiger partial charge in [-0.05, 0) is 36.4 Å². The average molecular weight is 382 g/mol. The lowest BCUT2D eigenvalue weighted by molar-refractivity contribution is -0.123. The summed E-state index contributed by atoms with van der Waals surface area (Å²) in [4.78, 5) is 24.1. The van der Waals surface area contributed by atoms with E-state index in [2.05, 4.69) is 10.6 Å². The molecule has 0 aromatic heterocycles.